The molecule has 0 radical (unpaired) electrons. The number of esters is 1. The predicted molar refractivity (Wildman–Crippen MR) is 59.6 cm³/mol. The zero-order valence-electron chi connectivity index (χ0n) is 9.89. The van der Waals surface area contributed by atoms with Crippen LogP contribution in [0.1, 0.15) is 33.6 Å². The van der Waals surface area contributed by atoms with Crippen molar-refractivity contribution in [1.82, 2.24) is 0 Å². The van der Waals surface area contributed by atoms with Crippen LogP contribution in [0.3, 0.4) is 0 Å². The van der Waals surface area contributed by atoms with Gasteiger partial charge in [0.1, 0.15) is 0 Å². The number of rotatable bonds is 5. The van der Waals surface area contributed by atoms with E-state index in [2.05, 4.69) is 0 Å². The Hall–Kier alpha value is -0.353. The van der Waals surface area contributed by atoms with E-state index < -0.39 is 8.32 Å². The maximum atomic E-state index is 11.1. The molecule has 0 unspecified atom stereocenters. The topological polar surface area (TPSA) is 46.5 Å². The molecule has 0 aliphatic carbocycles. The van der Waals surface area contributed by atoms with Crippen molar-refractivity contribution in [2.45, 2.75) is 51.7 Å². The van der Waals surface area contributed by atoms with E-state index in [1.165, 1.54) is 0 Å². The Kier molecular flexibility index (Phi) is 4.81. The predicted octanol–water partition coefficient (Wildman–Crippen LogP) is 2.31. The summed E-state index contributed by atoms with van der Waals surface area (Å²) in [5, 5.41) is -0.139. The van der Waals surface area contributed by atoms with E-state index in [1.807, 2.05) is 26.9 Å². The highest BCUT2D eigenvalue weighted by Gasteiger charge is 2.37. The second-order valence-electron chi connectivity index (χ2n) is 4.75. The lowest BCUT2D eigenvalue weighted by Gasteiger charge is -2.34. The highest BCUT2D eigenvalue weighted by molar-refractivity contribution is 6.72. The molecule has 0 amide bonds. The Balaban J connectivity index is 4.06. The molecule has 84 valence electrons. The molecule has 0 heterocycles. The van der Waals surface area contributed by atoms with Gasteiger partial charge in [-0.25, -0.2) is 0 Å². The zero-order chi connectivity index (χ0) is 11.4. The van der Waals surface area contributed by atoms with Crippen LogP contribution in [0.25, 0.3) is 0 Å². The maximum absolute atomic E-state index is 11.1. The lowest BCUT2D eigenvalue weighted by Crippen LogP contribution is -2.39. The van der Waals surface area contributed by atoms with E-state index in [-0.39, 0.29) is 11.0 Å². The fourth-order valence-corrected chi connectivity index (χ4v) is 1.69. The highest BCUT2D eigenvalue weighted by Crippen LogP contribution is 2.39. The molecule has 1 N–H and O–H groups in total. The molecule has 0 spiro atoms. The van der Waals surface area contributed by atoms with Crippen LogP contribution in [0.4, 0.5) is 0 Å². The molecule has 0 bridgehead atoms. The Bertz CT molecular complexity index is 194. The molecule has 0 atom stereocenters. The van der Waals surface area contributed by atoms with Crippen LogP contribution in [-0.2, 0) is 9.53 Å². The molecule has 0 fully saturated rings. The zero-order valence-corrected chi connectivity index (χ0v) is 10.9. The summed E-state index contributed by atoms with van der Waals surface area (Å²) < 4.78 is 4.84. The fraction of sp³-hybridized carbons (Fsp3) is 0.900. The van der Waals surface area contributed by atoms with Gasteiger partial charge >= 0.3 is 5.97 Å². The Labute approximate surface area is 87.6 Å². The first-order valence-electron chi connectivity index (χ1n) is 5.08. The summed E-state index contributed by atoms with van der Waals surface area (Å²) in [7, 11) is -2.18. The van der Waals surface area contributed by atoms with E-state index >= 15 is 0 Å². The van der Waals surface area contributed by atoms with Gasteiger partial charge in [-0.3, -0.25) is 4.79 Å². The first-order valence-corrected chi connectivity index (χ1v) is 8.03. The second-order valence-corrected chi connectivity index (χ2v) is 9.22. The molecule has 3 nitrogen and oxygen atoms in total. The summed E-state index contributed by atoms with van der Waals surface area (Å²) in [4.78, 5) is 21.1. The molecule has 0 aliphatic rings. The van der Waals surface area contributed by atoms with E-state index in [1.54, 1.807) is 6.92 Å². The van der Waals surface area contributed by atoms with E-state index in [9.17, 15) is 9.59 Å². The van der Waals surface area contributed by atoms with Crippen molar-refractivity contribution in [1.29, 1.82) is 0 Å². The summed E-state index contributed by atoms with van der Waals surface area (Å²) in [6, 6.07) is 0. The quantitative estimate of drug-likeness (QED) is 0.569. The lowest BCUT2D eigenvalue weighted by molar-refractivity contribution is -0.143. The third kappa shape index (κ3) is 4.24. The van der Waals surface area contributed by atoms with Crippen molar-refractivity contribution in [2.75, 3.05) is 6.61 Å². The van der Waals surface area contributed by atoms with Crippen LogP contribution < -0.4 is 0 Å². The average molecular weight is 218 g/mol. The highest BCUT2D eigenvalue weighted by atomic mass is 28.4. The molecule has 0 aromatic rings. The summed E-state index contributed by atoms with van der Waals surface area (Å²) in [6.07, 6.45) is 1.10. The largest absolute Gasteiger partial charge is 0.466 e. The van der Waals surface area contributed by atoms with Crippen LogP contribution in [0.5, 0.6) is 0 Å². The van der Waals surface area contributed by atoms with Crippen LogP contribution in [0, 0.1) is 0 Å². The van der Waals surface area contributed by atoms with Gasteiger partial charge < -0.3 is 9.53 Å². The minimum absolute atomic E-state index is 0.139. The fourth-order valence-electron chi connectivity index (χ4n) is 0.954. The number of hydrogen-bond acceptors (Lipinski definition) is 3. The standard InChI is InChI=1S/C10H22O3Si/c1-6-13-9(11)7-8-10(2,3)14(4,5)12/h12H,6-8H2,1-5H3. The van der Waals surface area contributed by atoms with Gasteiger partial charge in [0.15, 0.2) is 8.32 Å². The van der Waals surface area contributed by atoms with E-state index in [0.717, 1.165) is 0 Å². The molecule has 0 saturated heterocycles. The molecule has 4 heteroatoms. The number of carbonyl (C=O) groups is 1. The Morgan fingerprint density at radius 2 is 1.93 bits per heavy atom. The summed E-state index contributed by atoms with van der Waals surface area (Å²) in [5.41, 5.74) is 0. The summed E-state index contributed by atoms with van der Waals surface area (Å²) >= 11 is 0. The average Bonchev–Trinajstić information content (AvgIpc) is 1.99. The smallest absolute Gasteiger partial charge is 0.305 e. The number of carbonyl (C=O) groups excluding carboxylic acids is 1. The van der Waals surface area contributed by atoms with E-state index in [4.69, 9.17) is 4.74 Å². The van der Waals surface area contributed by atoms with E-state index in [0.29, 0.717) is 19.4 Å². The summed E-state index contributed by atoms with van der Waals surface area (Å²) in [5.74, 6) is -0.168. The van der Waals surface area contributed by atoms with Gasteiger partial charge in [-0.15, -0.1) is 0 Å². The van der Waals surface area contributed by atoms with Crippen LogP contribution in [-0.4, -0.2) is 25.7 Å². The van der Waals surface area contributed by atoms with Gasteiger partial charge in [-0.05, 0) is 31.5 Å². The molecule has 0 aromatic heterocycles. The van der Waals surface area contributed by atoms with Crippen molar-refractivity contribution < 1.29 is 14.3 Å². The van der Waals surface area contributed by atoms with Gasteiger partial charge in [-0.2, -0.15) is 0 Å². The lowest BCUT2D eigenvalue weighted by atomic mass is 10.1. The Morgan fingerprint density at radius 1 is 1.43 bits per heavy atom. The first kappa shape index (κ1) is 13.6. The molecule has 0 aromatic carbocycles. The van der Waals surface area contributed by atoms with Crippen molar-refractivity contribution in [3.8, 4) is 0 Å². The van der Waals surface area contributed by atoms with Gasteiger partial charge in [-0.1, -0.05) is 13.8 Å². The maximum Gasteiger partial charge on any atom is 0.305 e. The third-order valence-electron chi connectivity index (χ3n) is 2.92. The SMILES string of the molecule is CCOC(=O)CCC(C)(C)[Si](C)(C)O. The second kappa shape index (κ2) is 4.93. The molecule has 0 rings (SSSR count). The van der Waals surface area contributed by atoms with Crippen molar-refractivity contribution in [3.05, 3.63) is 0 Å². The van der Waals surface area contributed by atoms with Gasteiger partial charge in [0.2, 0.25) is 0 Å². The summed E-state index contributed by atoms with van der Waals surface area (Å²) in [6.45, 7) is 10.1. The Morgan fingerprint density at radius 3 is 2.29 bits per heavy atom. The first-order chi connectivity index (χ1) is 6.20. The monoisotopic (exact) mass is 218 g/mol. The number of ether oxygens (including phenoxy) is 1. The molecule has 0 saturated carbocycles. The van der Waals surface area contributed by atoms with Crippen LogP contribution in [0.2, 0.25) is 18.1 Å². The van der Waals surface area contributed by atoms with Crippen molar-refractivity contribution in [3.63, 3.8) is 0 Å². The molecule has 14 heavy (non-hydrogen) atoms. The molecular weight excluding hydrogens is 196 g/mol. The van der Waals surface area contributed by atoms with Crippen LogP contribution >= 0.6 is 0 Å². The molecular formula is C10H22O3Si. The van der Waals surface area contributed by atoms with Crippen LogP contribution in [0.15, 0.2) is 0 Å². The van der Waals surface area contributed by atoms with Crippen molar-refractivity contribution >= 4 is 14.3 Å². The van der Waals surface area contributed by atoms with Gasteiger partial charge in [0, 0.05) is 6.42 Å². The molecule has 0 aliphatic heterocycles. The van der Waals surface area contributed by atoms with Gasteiger partial charge in [0.05, 0.1) is 6.61 Å². The minimum Gasteiger partial charge on any atom is -0.466 e. The van der Waals surface area contributed by atoms with Gasteiger partial charge in [0.25, 0.3) is 0 Å². The minimum atomic E-state index is -2.18. The normalized spacial score (nSPS) is 12.7. The number of hydrogen-bond donors (Lipinski definition) is 1. The third-order valence-corrected chi connectivity index (χ3v) is 6.48. The van der Waals surface area contributed by atoms with Crippen molar-refractivity contribution in [2.24, 2.45) is 0 Å².